The molecule has 0 fully saturated rings. The van der Waals surface area contributed by atoms with E-state index in [1.807, 2.05) is 6.92 Å². The Bertz CT molecular complexity index is 1080. The third-order valence-electron chi connectivity index (χ3n) is 3.95. The number of nitrogens with one attached hydrogen (secondary N) is 2. The first kappa shape index (κ1) is 19.4. The van der Waals surface area contributed by atoms with E-state index in [-0.39, 0.29) is 10.7 Å². The molecule has 1 heterocycles. The van der Waals surface area contributed by atoms with Crippen molar-refractivity contribution < 1.29 is 17.9 Å². The summed E-state index contributed by atoms with van der Waals surface area (Å²) >= 11 is 0. The minimum atomic E-state index is -3.72. The highest BCUT2D eigenvalue weighted by Crippen LogP contribution is 2.22. The van der Waals surface area contributed by atoms with Crippen LogP contribution in [0, 0.1) is 6.92 Å². The second-order valence-corrected chi connectivity index (χ2v) is 7.70. The zero-order valence-electron chi connectivity index (χ0n) is 15.3. The molecular formula is C20H19N3O4S. The zero-order valence-corrected chi connectivity index (χ0v) is 16.2. The number of carbonyl (C=O) groups excluding carboxylic acids is 1. The molecule has 8 heteroatoms. The van der Waals surface area contributed by atoms with E-state index in [9.17, 15) is 13.2 Å². The lowest BCUT2D eigenvalue weighted by Gasteiger charge is -2.11. The van der Waals surface area contributed by atoms with Gasteiger partial charge in [0.2, 0.25) is 0 Å². The lowest BCUT2D eigenvalue weighted by molar-refractivity contribution is 0.0602. The molecule has 2 aromatic carbocycles. The maximum atomic E-state index is 12.4. The van der Waals surface area contributed by atoms with Gasteiger partial charge in [-0.1, -0.05) is 29.8 Å². The summed E-state index contributed by atoms with van der Waals surface area (Å²) in [4.78, 5) is 16.1. The Morgan fingerprint density at radius 3 is 2.36 bits per heavy atom. The van der Waals surface area contributed by atoms with Gasteiger partial charge in [-0.2, -0.15) is 0 Å². The summed E-state index contributed by atoms with van der Waals surface area (Å²) in [5.41, 5.74) is 2.51. The predicted molar refractivity (Wildman–Crippen MR) is 107 cm³/mol. The van der Waals surface area contributed by atoms with Gasteiger partial charge in [0.25, 0.3) is 10.0 Å². The van der Waals surface area contributed by atoms with Crippen molar-refractivity contribution in [2.24, 2.45) is 0 Å². The lowest BCUT2D eigenvalue weighted by Crippen LogP contribution is -2.13. The summed E-state index contributed by atoms with van der Waals surface area (Å²) in [7, 11) is -2.40. The fraction of sp³-hybridized carbons (Fsp3) is 0.100. The molecule has 144 valence electrons. The van der Waals surface area contributed by atoms with Crippen LogP contribution in [-0.2, 0) is 14.8 Å². The molecule has 2 N–H and O–H groups in total. The highest BCUT2D eigenvalue weighted by Gasteiger charge is 2.15. The number of pyridine rings is 1. The molecule has 3 aromatic rings. The Labute approximate surface area is 163 Å². The molecule has 0 amide bonds. The van der Waals surface area contributed by atoms with E-state index >= 15 is 0 Å². The maximum absolute atomic E-state index is 12.4. The first-order valence-corrected chi connectivity index (χ1v) is 9.87. The number of rotatable bonds is 6. The van der Waals surface area contributed by atoms with Gasteiger partial charge in [0, 0.05) is 0 Å². The normalized spacial score (nSPS) is 10.9. The van der Waals surface area contributed by atoms with Crippen molar-refractivity contribution >= 4 is 33.2 Å². The van der Waals surface area contributed by atoms with Crippen molar-refractivity contribution in [3.05, 3.63) is 78.0 Å². The molecule has 0 radical (unpaired) electrons. The number of para-hydroxylation sites is 1. The quantitative estimate of drug-likeness (QED) is 0.615. The summed E-state index contributed by atoms with van der Waals surface area (Å²) in [5.74, 6) is -0.272. The Kier molecular flexibility index (Phi) is 5.60. The van der Waals surface area contributed by atoms with Crippen molar-refractivity contribution in [3.63, 3.8) is 0 Å². The van der Waals surface area contributed by atoms with Crippen LogP contribution in [0.2, 0.25) is 0 Å². The average Bonchev–Trinajstić information content (AvgIpc) is 2.69. The van der Waals surface area contributed by atoms with E-state index in [2.05, 4.69) is 15.0 Å². The van der Waals surface area contributed by atoms with Crippen LogP contribution in [0.15, 0.2) is 71.8 Å². The SMILES string of the molecule is COC(=O)c1ccccc1Nc1ccc(NS(=O)(=O)c2ccc(C)cc2)nc1. The minimum absolute atomic E-state index is 0.161. The van der Waals surface area contributed by atoms with Gasteiger partial charge in [0.15, 0.2) is 0 Å². The van der Waals surface area contributed by atoms with Gasteiger partial charge in [0.05, 0.1) is 35.1 Å². The number of aryl methyl sites for hydroxylation is 1. The number of sulfonamides is 1. The van der Waals surface area contributed by atoms with Gasteiger partial charge in [-0.25, -0.2) is 18.2 Å². The van der Waals surface area contributed by atoms with Crippen LogP contribution in [0.5, 0.6) is 0 Å². The number of methoxy groups -OCH3 is 1. The monoisotopic (exact) mass is 397 g/mol. The van der Waals surface area contributed by atoms with E-state index in [1.165, 1.54) is 31.5 Å². The predicted octanol–water partition coefficient (Wildman–Crippen LogP) is 3.72. The number of carbonyl (C=O) groups is 1. The molecule has 0 bridgehead atoms. The number of hydrogen-bond donors (Lipinski definition) is 2. The Balaban J connectivity index is 1.76. The Hall–Kier alpha value is -3.39. The summed E-state index contributed by atoms with van der Waals surface area (Å²) in [5, 5.41) is 3.08. The first-order valence-electron chi connectivity index (χ1n) is 8.39. The molecule has 28 heavy (non-hydrogen) atoms. The highest BCUT2D eigenvalue weighted by atomic mass is 32.2. The van der Waals surface area contributed by atoms with Gasteiger partial charge >= 0.3 is 5.97 Å². The van der Waals surface area contributed by atoms with Crippen LogP contribution in [0.25, 0.3) is 0 Å². The van der Waals surface area contributed by atoms with Crippen LogP contribution >= 0.6 is 0 Å². The van der Waals surface area contributed by atoms with Gasteiger partial charge in [-0.15, -0.1) is 0 Å². The molecule has 3 rings (SSSR count). The first-order chi connectivity index (χ1) is 13.4. The topological polar surface area (TPSA) is 97.4 Å². The van der Waals surface area contributed by atoms with Crippen LogP contribution in [0.3, 0.4) is 0 Å². The number of benzene rings is 2. The Morgan fingerprint density at radius 1 is 1.00 bits per heavy atom. The second-order valence-electron chi connectivity index (χ2n) is 6.01. The molecule has 0 aliphatic carbocycles. The summed E-state index contributed by atoms with van der Waals surface area (Å²) in [6.07, 6.45) is 1.47. The number of nitrogens with zero attached hydrogens (tertiary/aromatic N) is 1. The largest absolute Gasteiger partial charge is 0.465 e. The third-order valence-corrected chi connectivity index (χ3v) is 5.32. The van der Waals surface area contributed by atoms with E-state index in [0.717, 1.165) is 5.56 Å². The average molecular weight is 397 g/mol. The molecule has 0 atom stereocenters. The fourth-order valence-corrected chi connectivity index (χ4v) is 3.49. The van der Waals surface area contributed by atoms with Crippen molar-refractivity contribution in [3.8, 4) is 0 Å². The van der Waals surface area contributed by atoms with Gasteiger partial charge < -0.3 is 10.1 Å². The lowest BCUT2D eigenvalue weighted by atomic mass is 10.1. The zero-order chi connectivity index (χ0) is 20.1. The number of aromatic nitrogens is 1. The number of esters is 1. The van der Waals surface area contributed by atoms with Gasteiger partial charge in [0.1, 0.15) is 5.82 Å². The van der Waals surface area contributed by atoms with Crippen LogP contribution in [0.4, 0.5) is 17.2 Å². The van der Waals surface area contributed by atoms with E-state index in [0.29, 0.717) is 16.9 Å². The molecule has 0 aliphatic rings. The van der Waals surface area contributed by atoms with Crippen LogP contribution in [0.1, 0.15) is 15.9 Å². The third kappa shape index (κ3) is 4.47. The van der Waals surface area contributed by atoms with Crippen LogP contribution in [-0.4, -0.2) is 26.5 Å². The molecule has 0 aliphatic heterocycles. The molecule has 1 aromatic heterocycles. The van der Waals surface area contributed by atoms with Crippen molar-refractivity contribution in [2.75, 3.05) is 17.1 Å². The van der Waals surface area contributed by atoms with Crippen molar-refractivity contribution in [2.45, 2.75) is 11.8 Å². The summed E-state index contributed by atoms with van der Waals surface area (Å²) in [6.45, 7) is 1.88. The molecule has 0 saturated carbocycles. The van der Waals surface area contributed by atoms with Crippen molar-refractivity contribution in [1.29, 1.82) is 0 Å². The van der Waals surface area contributed by atoms with Crippen molar-refractivity contribution in [1.82, 2.24) is 4.98 Å². The number of ether oxygens (including phenoxy) is 1. The molecular weight excluding hydrogens is 378 g/mol. The number of anilines is 3. The van der Waals surface area contributed by atoms with E-state index in [1.54, 1.807) is 42.5 Å². The van der Waals surface area contributed by atoms with Gasteiger partial charge in [-0.05, 0) is 43.3 Å². The van der Waals surface area contributed by atoms with E-state index < -0.39 is 16.0 Å². The van der Waals surface area contributed by atoms with Gasteiger partial charge in [-0.3, -0.25) is 4.72 Å². The second kappa shape index (κ2) is 8.10. The maximum Gasteiger partial charge on any atom is 0.339 e. The molecule has 7 nitrogen and oxygen atoms in total. The minimum Gasteiger partial charge on any atom is -0.465 e. The smallest absolute Gasteiger partial charge is 0.339 e. The fourth-order valence-electron chi connectivity index (χ4n) is 2.48. The highest BCUT2D eigenvalue weighted by molar-refractivity contribution is 7.92. The summed E-state index contributed by atoms with van der Waals surface area (Å²) in [6, 6.07) is 16.6. The van der Waals surface area contributed by atoms with E-state index in [4.69, 9.17) is 4.74 Å². The molecule has 0 saturated heterocycles. The number of hydrogen-bond acceptors (Lipinski definition) is 6. The molecule has 0 unspecified atom stereocenters. The molecule has 0 spiro atoms. The Morgan fingerprint density at radius 2 is 1.71 bits per heavy atom. The van der Waals surface area contributed by atoms with Crippen LogP contribution < -0.4 is 10.0 Å². The summed E-state index contributed by atoms with van der Waals surface area (Å²) < 4.78 is 32.1. The standard InChI is InChI=1S/C20H19N3O4S/c1-14-7-10-16(11-8-14)28(25,26)23-19-12-9-15(13-21-19)22-18-6-4-3-5-17(18)20(24)27-2/h3-13,22H,1-2H3,(H,21,23).